The van der Waals surface area contributed by atoms with Crippen molar-refractivity contribution in [3.63, 3.8) is 0 Å². The van der Waals surface area contributed by atoms with Gasteiger partial charge in [-0.2, -0.15) is 4.98 Å². The van der Waals surface area contributed by atoms with Crippen molar-refractivity contribution in [1.82, 2.24) is 15.0 Å². The minimum absolute atomic E-state index is 0.0152. The Morgan fingerprint density at radius 3 is 2.61 bits per heavy atom. The lowest BCUT2D eigenvalue weighted by Crippen LogP contribution is -2.40. The minimum atomic E-state index is -0.103. The van der Waals surface area contributed by atoms with Gasteiger partial charge in [-0.15, -0.1) is 0 Å². The molecule has 1 unspecified atom stereocenters. The predicted molar refractivity (Wildman–Crippen MR) is 122 cm³/mol. The summed E-state index contributed by atoms with van der Waals surface area (Å²) in [4.78, 5) is 19.5. The van der Waals surface area contributed by atoms with Crippen molar-refractivity contribution in [1.29, 1.82) is 0 Å². The normalized spacial score (nSPS) is 16.3. The first-order valence-electron chi connectivity index (χ1n) is 10.8. The number of carbonyl (C=O) groups excluding carboxylic acids is 1. The van der Waals surface area contributed by atoms with Crippen molar-refractivity contribution in [3.8, 4) is 28.6 Å². The molecule has 9 heteroatoms. The van der Waals surface area contributed by atoms with E-state index in [1.165, 1.54) is 0 Å². The first-order chi connectivity index (χ1) is 16.1. The van der Waals surface area contributed by atoms with Gasteiger partial charge in [0.1, 0.15) is 5.75 Å². The molecule has 1 aliphatic heterocycles. The monoisotopic (exact) mass is 452 g/mol. The maximum Gasteiger partial charge on any atom is 0.241 e. The Morgan fingerprint density at radius 2 is 1.88 bits per heavy atom. The summed E-state index contributed by atoms with van der Waals surface area (Å²) in [6, 6.07) is 12.8. The summed E-state index contributed by atoms with van der Waals surface area (Å²) < 4.78 is 21.3. The van der Waals surface area contributed by atoms with Gasteiger partial charge in [0.05, 0.1) is 33.8 Å². The number of methoxy groups -OCH3 is 3. The van der Waals surface area contributed by atoms with Crippen LogP contribution < -0.4 is 19.5 Å². The molecule has 3 aromatic rings. The summed E-state index contributed by atoms with van der Waals surface area (Å²) in [5, 5.41) is 7.11. The van der Waals surface area contributed by atoms with Crippen molar-refractivity contribution in [2.75, 3.05) is 39.7 Å². The lowest BCUT2D eigenvalue weighted by molar-refractivity contribution is -0.121. The number of piperidine rings is 1. The minimum Gasteiger partial charge on any atom is -0.497 e. The van der Waals surface area contributed by atoms with E-state index in [-0.39, 0.29) is 11.8 Å². The number of ether oxygens (including phenoxy) is 3. The molecule has 174 valence electrons. The molecule has 4 rings (SSSR count). The van der Waals surface area contributed by atoms with Crippen molar-refractivity contribution >= 4 is 11.6 Å². The molecule has 33 heavy (non-hydrogen) atoms. The third-order valence-corrected chi connectivity index (χ3v) is 5.70. The molecular formula is C24H28N4O5. The fourth-order valence-electron chi connectivity index (χ4n) is 3.93. The largest absolute Gasteiger partial charge is 0.497 e. The molecule has 1 fully saturated rings. The second-order valence-corrected chi connectivity index (χ2v) is 7.87. The maximum absolute atomic E-state index is 12.8. The van der Waals surface area contributed by atoms with Crippen LogP contribution in [0, 0.1) is 5.92 Å². The highest BCUT2D eigenvalue weighted by atomic mass is 16.5. The van der Waals surface area contributed by atoms with Gasteiger partial charge in [-0.3, -0.25) is 9.69 Å². The summed E-state index contributed by atoms with van der Waals surface area (Å²) >= 11 is 0. The van der Waals surface area contributed by atoms with Crippen LogP contribution in [0.15, 0.2) is 47.0 Å². The number of likely N-dealkylation sites (tertiary alicyclic amines) is 1. The molecule has 1 aliphatic rings. The molecule has 0 radical (unpaired) electrons. The van der Waals surface area contributed by atoms with Crippen molar-refractivity contribution in [2.45, 2.75) is 19.4 Å². The SMILES string of the molecule is COc1ccc(NC(=O)C2CCCN(Cc3nc(-c4ccc(OC)c(OC)c4)no3)C2)cc1. The second-order valence-electron chi connectivity index (χ2n) is 7.87. The molecule has 1 aromatic heterocycles. The number of anilines is 1. The third kappa shape index (κ3) is 5.43. The van der Waals surface area contributed by atoms with Gasteiger partial charge in [0.15, 0.2) is 11.5 Å². The summed E-state index contributed by atoms with van der Waals surface area (Å²) in [5.74, 6) is 2.90. The Kier molecular flexibility index (Phi) is 7.09. The van der Waals surface area contributed by atoms with E-state index in [1.807, 2.05) is 36.4 Å². The number of nitrogens with zero attached hydrogens (tertiary/aromatic N) is 3. The van der Waals surface area contributed by atoms with Gasteiger partial charge in [-0.05, 0) is 61.9 Å². The van der Waals surface area contributed by atoms with Crippen LogP contribution in [-0.2, 0) is 11.3 Å². The average molecular weight is 453 g/mol. The van der Waals surface area contributed by atoms with Crippen molar-refractivity contribution in [2.24, 2.45) is 5.92 Å². The summed E-state index contributed by atoms with van der Waals surface area (Å²) in [5.41, 5.74) is 1.53. The molecule has 1 N–H and O–H groups in total. The molecule has 2 aromatic carbocycles. The Bertz CT molecular complexity index is 1080. The molecule has 9 nitrogen and oxygen atoms in total. The fourth-order valence-corrected chi connectivity index (χ4v) is 3.93. The first-order valence-corrected chi connectivity index (χ1v) is 10.8. The van der Waals surface area contributed by atoms with Crippen molar-refractivity contribution < 1.29 is 23.5 Å². The van der Waals surface area contributed by atoms with E-state index >= 15 is 0 Å². The molecule has 0 saturated carbocycles. The number of nitrogens with one attached hydrogen (secondary N) is 1. The molecule has 0 spiro atoms. The number of hydrogen-bond donors (Lipinski definition) is 1. The van der Waals surface area contributed by atoms with Crippen LogP contribution in [0.5, 0.6) is 17.2 Å². The van der Waals surface area contributed by atoms with Gasteiger partial charge in [0.2, 0.25) is 17.6 Å². The molecule has 0 bridgehead atoms. The highest BCUT2D eigenvalue weighted by Gasteiger charge is 2.27. The zero-order valence-electron chi connectivity index (χ0n) is 19.0. The summed E-state index contributed by atoms with van der Waals surface area (Å²) in [7, 11) is 4.79. The fraction of sp³-hybridized carbons (Fsp3) is 0.375. The topological polar surface area (TPSA) is 99.0 Å². The molecular weight excluding hydrogens is 424 g/mol. The van der Waals surface area contributed by atoms with E-state index in [1.54, 1.807) is 27.4 Å². The van der Waals surface area contributed by atoms with Crippen LogP contribution in [0.1, 0.15) is 18.7 Å². The van der Waals surface area contributed by atoms with Gasteiger partial charge in [-0.1, -0.05) is 5.16 Å². The zero-order valence-corrected chi connectivity index (χ0v) is 19.0. The van der Waals surface area contributed by atoms with Gasteiger partial charge >= 0.3 is 0 Å². The Hall–Kier alpha value is -3.59. The quantitative estimate of drug-likeness (QED) is 0.553. The van der Waals surface area contributed by atoms with Crippen LogP contribution >= 0.6 is 0 Å². The molecule has 2 heterocycles. The Labute approximate surface area is 192 Å². The third-order valence-electron chi connectivity index (χ3n) is 5.70. The average Bonchev–Trinajstić information content (AvgIpc) is 3.32. The van der Waals surface area contributed by atoms with Gasteiger partial charge < -0.3 is 24.1 Å². The number of hydrogen-bond acceptors (Lipinski definition) is 8. The number of benzene rings is 2. The molecule has 1 amide bonds. The molecule has 0 aliphatic carbocycles. The van der Waals surface area contributed by atoms with Gasteiger partial charge in [0.25, 0.3) is 0 Å². The van der Waals surface area contributed by atoms with E-state index in [4.69, 9.17) is 18.7 Å². The lowest BCUT2D eigenvalue weighted by Gasteiger charge is -2.30. The predicted octanol–water partition coefficient (Wildman–Crippen LogP) is 3.61. The number of amides is 1. The van der Waals surface area contributed by atoms with Gasteiger partial charge in [0, 0.05) is 17.8 Å². The first kappa shape index (κ1) is 22.6. The van der Waals surface area contributed by atoms with Crippen LogP contribution in [0.3, 0.4) is 0 Å². The van der Waals surface area contributed by atoms with Crippen LogP contribution in [0.4, 0.5) is 5.69 Å². The number of aromatic nitrogens is 2. The smallest absolute Gasteiger partial charge is 0.241 e. The Balaban J connectivity index is 1.36. The lowest BCUT2D eigenvalue weighted by atomic mass is 9.97. The molecule has 1 atom stereocenters. The van der Waals surface area contributed by atoms with Crippen LogP contribution in [-0.4, -0.2) is 55.4 Å². The van der Waals surface area contributed by atoms with E-state index in [9.17, 15) is 4.79 Å². The van der Waals surface area contributed by atoms with Gasteiger partial charge in [-0.25, -0.2) is 0 Å². The standard InChI is InChI=1S/C24H28N4O5/c1-30-19-9-7-18(8-10-19)25-24(29)17-5-4-12-28(14-17)15-22-26-23(27-33-22)16-6-11-20(31-2)21(13-16)32-3/h6-11,13,17H,4-5,12,14-15H2,1-3H3,(H,25,29). The highest BCUT2D eigenvalue weighted by Crippen LogP contribution is 2.31. The zero-order chi connectivity index (χ0) is 23.2. The number of rotatable bonds is 8. The van der Waals surface area contributed by atoms with Crippen LogP contribution in [0.25, 0.3) is 11.4 Å². The molecule has 1 saturated heterocycles. The van der Waals surface area contributed by atoms with E-state index < -0.39 is 0 Å². The number of carbonyl (C=O) groups is 1. The maximum atomic E-state index is 12.8. The van der Waals surface area contributed by atoms with E-state index in [0.29, 0.717) is 36.3 Å². The van der Waals surface area contributed by atoms with Crippen molar-refractivity contribution in [3.05, 3.63) is 48.4 Å². The highest BCUT2D eigenvalue weighted by molar-refractivity contribution is 5.92. The summed E-state index contributed by atoms with van der Waals surface area (Å²) in [6.45, 7) is 2.00. The Morgan fingerprint density at radius 1 is 1.09 bits per heavy atom. The van der Waals surface area contributed by atoms with Crippen LogP contribution in [0.2, 0.25) is 0 Å². The van der Waals surface area contributed by atoms with E-state index in [0.717, 1.165) is 36.4 Å². The second kappa shape index (κ2) is 10.4. The van der Waals surface area contributed by atoms with E-state index in [2.05, 4.69) is 20.4 Å². The summed E-state index contributed by atoms with van der Waals surface area (Å²) in [6.07, 6.45) is 1.77.